The highest BCUT2D eigenvalue weighted by atomic mass is 16.3. The van der Waals surface area contributed by atoms with Crippen LogP contribution >= 0.6 is 0 Å². The Kier molecular flexibility index (Phi) is 5.70. The molecule has 6 nitrogen and oxygen atoms in total. The number of hydrogen-bond acceptors (Lipinski definition) is 5. The summed E-state index contributed by atoms with van der Waals surface area (Å²) in [5.74, 6) is 2.56. The Morgan fingerprint density at radius 3 is 3.00 bits per heavy atom. The fourth-order valence-corrected chi connectivity index (χ4v) is 3.60. The monoisotopic (exact) mass is 388 g/mol. The lowest BCUT2D eigenvalue weighted by Crippen LogP contribution is -2.38. The maximum atomic E-state index is 12.6. The van der Waals surface area contributed by atoms with Gasteiger partial charge in [-0.05, 0) is 67.3 Å². The summed E-state index contributed by atoms with van der Waals surface area (Å²) in [5.41, 5.74) is 2.25. The van der Waals surface area contributed by atoms with Crippen molar-refractivity contribution in [2.75, 3.05) is 18.4 Å². The third-order valence-corrected chi connectivity index (χ3v) is 5.18. The van der Waals surface area contributed by atoms with Crippen molar-refractivity contribution in [1.82, 2.24) is 14.9 Å². The number of furan rings is 1. The summed E-state index contributed by atoms with van der Waals surface area (Å²) in [4.78, 5) is 23.3. The van der Waals surface area contributed by atoms with E-state index in [1.807, 2.05) is 48.4 Å². The minimum absolute atomic E-state index is 0.0163. The zero-order valence-electron chi connectivity index (χ0n) is 16.4. The van der Waals surface area contributed by atoms with Gasteiger partial charge >= 0.3 is 0 Å². The number of piperidine rings is 1. The molecule has 29 heavy (non-hydrogen) atoms. The van der Waals surface area contributed by atoms with Crippen LogP contribution in [0.2, 0.25) is 0 Å². The summed E-state index contributed by atoms with van der Waals surface area (Å²) in [6.45, 7) is 3.49. The Balaban J connectivity index is 1.44. The molecule has 0 unspecified atom stereocenters. The number of carbonyl (C=O) groups excluding carboxylic acids is 1. The first kappa shape index (κ1) is 18.9. The van der Waals surface area contributed by atoms with E-state index in [2.05, 4.69) is 21.4 Å². The molecule has 0 aromatic carbocycles. The molecule has 4 heterocycles. The summed E-state index contributed by atoms with van der Waals surface area (Å²) in [7, 11) is 0. The Morgan fingerprint density at radius 1 is 1.24 bits per heavy atom. The number of pyridine rings is 2. The van der Waals surface area contributed by atoms with Gasteiger partial charge in [0, 0.05) is 37.5 Å². The number of aromatic nitrogens is 2. The topological polar surface area (TPSA) is 71.3 Å². The summed E-state index contributed by atoms with van der Waals surface area (Å²) >= 11 is 0. The lowest BCUT2D eigenvalue weighted by Gasteiger charge is -2.32. The van der Waals surface area contributed by atoms with Gasteiger partial charge in [-0.1, -0.05) is 6.07 Å². The highest BCUT2D eigenvalue weighted by Gasteiger charge is 2.24. The molecule has 1 N–H and O–H groups in total. The second-order valence-electron chi connectivity index (χ2n) is 7.24. The van der Waals surface area contributed by atoms with Crippen LogP contribution in [0.3, 0.4) is 0 Å². The van der Waals surface area contributed by atoms with Crippen LogP contribution in [0.15, 0.2) is 65.5 Å². The largest absolute Gasteiger partial charge is 0.465 e. The normalized spacial score (nSPS) is 16.9. The van der Waals surface area contributed by atoms with Crippen molar-refractivity contribution in [2.24, 2.45) is 0 Å². The third-order valence-electron chi connectivity index (χ3n) is 5.18. The Morgan fingerprint density at radius 2 is 2.17 bits per heavy atom. The van der Waals surface area contributed by atoms with Crippen molar-refractivity contribution in [1.29, 1.82) is 0 Å². The molecule has 1 fully saturated rings. The molecule has 0 radical (unpaired) electrons. The van der Waals surface area contributed by atoms with Gasteiger partial charge in [0.05, 0.1) is 6.26 Å². The zero-order valence-corrected chi connectivity index (χ0v) is 16.4. The molecule has 6 heteroatoms. The number of anilines is 2. The van der Waals surface area contributed by atoms with Crippen LogP contribution in [0.25, 0.3) is 6.08 Å². The smallest absolute Gasteiger partial charge is 0.246 e. The Hall–Kier alpha value is -3.41. The highest BCUT2D eigenvalue weighted by Crippen LogP contribution is 2.29. The molecule has 0 spiro atoms. The summed E-state index contributed by atoms with van der Waals surface area (Å²) in [5, 5.41) is 3.30. The molecule has 3 aromatic rings. The van der Waals surface area contributed by atoms with Crippen molar-refractivity contribution in [3.8, 4) is 0 Å². The molecular weight excluding hydrogens is 364 g/mol. The lowest BCUT2D eigenvalue weighted by atomic mass is 9.91. The van der Waals surface area contributed by atoms with E-state index in [1.54, 1.807) is 24.6 Å². The second-order valence-corrected chi connectivity index (χ2v) is 7.24. The van der Waals surface area contributed by atoms with E-state index in [-0.39, 0.29) is 11.8 Å². The van der Waals surface area contributed by atoms with E-state index < -0.39 is 0 Å². The van der Waals surface area contributed by atoms with Gasteiger partial charge in [0.2, 0.25) is 5.91 Å². The molecule has 1 aliphatic rings. The van der Waals surface area contributed by atoms with E-state index in [1.165, 1.54) is 5.56 Å². The minimum Gasteiger partial charge on any atom is -0.465 e. The van der Waals surface area contributed by atoms with Gasteiger partial charge in [0.15, 0.2) is 0 Å². The molecule has 148 valence electrons. The summed E-state index contributed by atoms with van der Waals surface area (Å²) < 4.78 is 5.26. The first-order valence-electron chi connectivity index (χ1n) is 9.84. The maximum absolute atomic E-state index is 12.6. The Labute approximate surface area is 170 Å². The molecular formula is C23H24N4O2. The van der Waals surface area contributed by atoms with E-state index in [9.17, 15) is 4.79 Å². The summed E-state index contributed by atoms with van der Waals surface area (Å²) in [6, 6.07) is 11.7. The van der Waals surface area contributed by atoms with Gasteiger partial charge in [-0.25, -0.2) is 9.97 Å². The van der Waals surface area contributed by atoms with Crippen LogP contribution in [0.4, 0.5) is 11.6 Å². The van der Waals surface area contributed by atoms with Crippen molar-refractivity contribution >= 4 is 23.6 Å². The highest BCUT2D eigenvalue weighted by molar-refractivity contribution is 5.91. The SMILES string of the molecule is Cc1cccnc1Nc1cc([C@@H]2CCCN(C(=O)/C=C/c3ccco3)C2)ccn1. The fraction of sp³-hybridized carbons (Fsp3) is 0.261. The van der Waals surface area contributed by atoms with Crippen LogP contribution < -0.4 is 5.32 Å². The van der Waals surface area contributed by atoms with Gasteiger partial charge in [0.25, 0.3) is 0 Å². The predicted molar refractivity (Wildman–Crippen MR) is 113 cm³/mol. The average Bonchev–Trinajstić information content (AvgIpc) is 3.28. The van der Waals surface area contributed by atoms with Crippen LogP contribution in [0.5, 0.6) is 0 Å². The third kappa shape index (κ3) is 4.71. The number of nitrogens with one attached hydrogen (secondary N) is 1. The van der Waals surface area contributed by atoms with E-state index >= 15 is 0 Å². The second kappa shape index (κ2) is 8.73. The van der Waals surface area contributed by atoms with Gasteiger partial charge in [-0.2, -0.15) is 0 Å². The average molecular weight is 388 g/mol. The molecule has 1 aliphatic heterocycles. The quantitative estimate of drug-likeness (QED) is 0.650. The van der Waals surface area contributed by atoms with Crippen molar-refractivity contribution in [3.05, 3.63) is 78.0 Å². The van der Waals surface area contributed by atoms with Crippen molar-refractivity contribution in [2.45, 2.75) is 25.7 Å². The van der Waals surface area contributed by atoms with Gasteiger partial charge < -0.3 is 14.6 Å². The van der Waals surface area contributed by atoms with Crippen molar-refractivity contribution < 1.29 is 9.21 Å². The first-order valence-corrected chi connectivity index (χ1v) is 9.84. The van der Waals surface area contributed by atoms with E-state index in [0.29, 0.717) is 12.3 Å². The number of amides is 1. The predicted octanol–water partition coefficient (Wildman–Crippen LogP) is 4.54. The molecule has 3 aromatic heterocycles. The van der Waals surface area contributed by atoms with Gasteiger partial charge in [-0.15, -0.1) is 0 Å². The first-order chi connectivity index (χ1) is 14.2. The van der Waals surface area contributed by atoms with E-state index in [4.69, 9.17) is 4.42 Å². The van der Waals surface area contributed by atoms with Gasteiger partial charge in [0.1, 0.15) is 17.4 Å². The molecule has 0 saturated carbocycles. The molecule has 1 atom stereocenters. The number of aryl methyl sites for hydroxylation is 1. The molecule has 4 rings (SSSR count). The zero-order chi connectivity index (χ0) is 20.1. The van der Waals surface area contributed by atoms with Crippen LogP contribution in [-0.2, 0) is 4.79 Å². The molecule has 1 saturated heterocycles. The van der Waals surface area contributed by atoms with Crippen LogP contribution in [0, 0.1) is 6.92 Å². The standard InChI is InChI=1S/C23H24N4O2/c1-17-5-2-11-25-23(17)26-21-15-18(10-12-24-21)19-6-3-13-27(16-19)22(28)9-8-20-7-4-14-29-20/h2,4-5,7-12,14-15,19H,3,6,13,16H2,1H3,(H,24,25,26)/b9-8+/t19-/m1/s1. The number of hydrogen-bond donors (Lipinski definition) is 1. The number of carbonyl (C=O) groups is 1. The summed E-state index contributed by atoms with van der Waals surface area (Å²) in [6.07, 6.45) is 10.5. The van der Waals surface area contributed by atoms with E-state index in [0.717, 1.165) is 36.6 Å². The number of likely N-dealkylation sites (tertiary alicyclic amines) is 1. The van der Waals surface area contributed by atoms with Crippen LogP contribution in [-0.4, -0.2) is 33.9 Å². The molecule has 1 amide bonds. The van der Waals surface area contributed by atoms with Gasteiger partial charge in [-0.3, -0.25) is 4.79 Å². The van der Waals surface area contributed by atoms with Crippen LogP contribution in [0.1, 0.15) is 35.6 Å². The number of nitrogens with zero attached hydrogens (tertiary/aromatic N) is 3. The maximum Gasteiger partial charge on any atom is 0.246 e. The molecule has 0 aliphatic carbocycles. The minimum atomic E-state index is 0.0163. The van der Waals surface area contributed by atoms with Crippen molar-refractivity contribution in [3.63, 3.8) is 0 Å². The Bertz CT molecular complexity index is 998. The molecule has 0 bridgehead atoms. The lowest BCUT2D eigenvalue weighted by molar-refractivity contribution is -0.127. The number of rotatable bonds is 5. The fourth-order valence-electron chi connectivity index (χ4n) is 3.60.